The molecule has 0 heterocycles. The van der Waals surface area contributed by atoms with Gasteiger partial charge in [0, 0.05) is 13.0 Å². The average Bonchev–Trinajstić information content (AvgIpc) is 2.50. The fourth-order valence-corrected chi connectivity index (χ4v) is 1.46. The van der Waals surface area contributed by atoms with Crippen molar-refractivity contribution >= 4 is 5.97 Å². The quantitative estimate of drug-likeness (QED) is 0.292. The van der Waals surface area contributed by atoms with Crippen molar-refractivity contribution in [3.63, 3.8) is 0 Å². The number of esters is 1. The number of hydrogen-bond acceptors (Lipinski definition) is 5. The molecule has 0 aliphatic heterocycles. The van der Waals surface area contributed by atoms with Crippen LogP contribution in [-0.4, -0.2) is 57.9 Å². The van der Waals surface area contributed by atoms with Crippen molar-refractivity contribution in [1.82, 2.24) is 0 Å². The van der Waals surface area contributed by atoms with Crippen LogP contribution >= 0.6 is 0 Å². The van der Waals surface area contributed by atoms with E-state index in [2.05, 4.69) is 0 Å². The van der Waals surface area contributed by atoms with Crippen LogP contribution in [0, 0.1) is 5.41 Å². The van der Waals surface area contributed by atoms with Gasteiger partial charge in [0.15, 0.2) is 0 Å². The molecule has 0 saturated heterocycles. The number of halogens is 3. The van der Waals surface area contributed by atoms with E-state index in [1.807, 2.05) is 6.92 Å². The highest BCUT2D eigenvalue weighted by atomic mass is 19.3. The summed E-state index contributed by atoms with van der Waals surface area (Å²) in [6.45, 7) is 5.12. The van der Waals surface area contributed by atoms with E-state index in [0.717, 1.165) is 0 Å². The lowest BCUT2D eigenvalue weighted by Crippen LogP contribution is -2.41. The number of hydrogen-bond donors (Lipinski definition) is 0. The second-order valence-corrected chi connectivity index (χ2v) is 5.61. The van der Waals surface area contributed by atoms with Gasteiger partial charge in [-0.15, -0.1) is 0 Å². The van der Waals surface area contributed by atoms with Crippen LogP contribution in [0.5, 0.6) is 0 Å². The summed E-state index contributed by atoms with van der Waals surface area (Å²) in [4.78, 5) is 11.9. The maximum Gasteiger partial charge on any atom is 0.313 e. The van der Waals surface area contributed by atoms with Crippen molar-refractivity contribution < 1.29 is 36.9 Å². The van der Waals surface area contributed by atoms with E-state index >= 15 is 0 Å². The molecule has 23 heavy (non-hydrogen) atoms. The van der Waals surface area contributed by atoms with E-state index in [1.54, 1.807) is 0 Å². The standard InChI is InChI=1S/C15H27F3O5/c1-5-15(17,18)12(9-16)23-10-14(3,4)13(19)22-8-7-21-11-20-6-2/h12H,5-11H2,1-4H3. The van der Waals surface area contributed by atoms with Crippen molar-refractivity contribution in [2.75, 3.05) is 39.9 Å². The predicted octanol–water partition coefficient (Wildman–Crippen LogP) is 2.97. The number of rotatable bonds is 13. The maximum atomic E-state index is 13.4. The molecule has 0 N–H and O–H groups in total. The van der Waals surface area contributed by atoms with Crippen LogP contribution in [0.3, 0.4) is 0 Å². The number of carbonyl (C=O) groups excluding carboxylic acids is 1. The van der Waals surface area contributed by atoms with Crippen LogP contribution in [0.4, 0.5) is 13.2 Å². The summed E-state index contributed by atoms with van der Waals surface area (Å²) in [5, 5.41) is 0. The SMILES string of the molecule is CCOCOCCOC(=O)C(C)(C)COC(CF)C(F)(F)CC. The Morgan fingerprint density at radius 1 is 1.13 bits per heavy atom. The zero-order chi connectivity index (χ0) is 17.9. The molecule has 5 nitrogen and oxygen atoms in total. The third-order valence-corrected chi connectivity index (χ3v) is 3.11. The number of alkyl halides is 3. The minimum absolute atomic E-state index is 0.00694. The highest BCUT2D eigenvalue weighted by molar-refractivity contribution is 5.76. The van der Waals surface area contributed by atoms with Crippen molar-refractivity contribution in [1.29, 1.82) is 0 Å². The number of ether oxygens (including phenoxy) is 4. The molecule has 0 saturated carbocycles. The summed E-state index contributed by atoms with van der Waals surface area (Å²) in [7, 11) is 0. The first-order valence-electron chi connectivity index (χ1n) is 7.59. The molecule has 0 aliphatic rings. The molecule has 1 atom stereocenters. The van der Waals surface area contributed by atoms with Crippen LogP contribution in [0.25, 0.3) is 0 Å². The van der Waals surface area contributed by atoms with Gasteiger partial charge in [0.25, 0.3) is 5.92 Å². The van der Waals surface area contributed by atoms with Gasteiger partial charge in [-0.25, -0.2) is 13.2 Å². The van der Waals surface area contributed by atoms with Crippen LogP contribution in [0.15, 0.2) is 0 Å². The first kappa shape index (κ1) is 22.1. The van der Waals surface area contributed by atoms with Crippen molar-refractivity contribution in [2.24, 2.45) is 5.41 Å². The van der Waals surface area contributed by atoms with Gasteiger partial charge in [-0.3, -0.25) is 4.79 Å². The average molecular weight is 344 g/mol. The maximum absolute atomic E-state index is 13.4. The Labute approximate surface area is 135 Å². The molecule has 0 bridgehead atoms. The van der Waals surface area contributed by atoms with Gasteiger partial charge >= 0.3 is 5.97 Å². The van der Waals surface area contributed by atoms with E-state index in [9.17, 15) is 18.0 Å². The fraction of sp³-hybridized carbons (Fsp3) is 0.933. The topological polar surface area (TPSA) is 54.0 Å². The molecule has 0 aromatic rings. The Bertz CT molecular complexity index is 337. The van der Waals surface area contributed by atoms with Crippen molar-refractivity contribution in [3.05, 3.63) is 0 Å². The lowest BCUT2D eigenvalue weighted by molar-refractivity contribution is -0.176. The van der Waals surface area contributed by atoms with Gasteiger partial charge < -0.3 is 18.9 Å². The van der Waals surface area contributed by atoms with E-state index < -0.39 is 36.5 Å². The van der Waals surface area contributed by atoms with Gasteiger partial charge in [0.05, 0.1) is 18.6 Å². The van der Waals surface area contributed by atoms with E-state index in [4.69, 9.17) is 18.9 Å². The highest BCUT2D eigenvalue weighted by Gasteiger charge is 2.41. The zero-order valence-corrected chi connectivity index (χ0v) is 14.2. The Balaban J connectivity index is 4.21. The second kappa shape index (κ2) is 10.8. The normalized spacial score (nSPS) is 13.9. The summed E-state index contributed by atoms with van der Waals surface area (Å²) >= 11 is 0. The van der Waals surface area contributed by atoms with Crippen LogP contribution in [0.1, 0.15) is 34.1 Å². The fourth-order valence-electron chi connectivity index (χ4n) is 1.46. The molecule has 0 amide bonds. The molecule has 0 fully saturated rings. The minimum atomic E-state index is -3.28. The molecule has 0 radical (unpaired) electrons. The molecule has 0 rings (SSSR count). The van der Waals surface area contributed by atoms with Gasteiger partial charge in [-0.05, 0) is 20.8 Å². The molecule has 0 aromatic heterocycles. The molecular formula is C15H27F3O5. The smallest absolute Gasteiger partial charge is 0.313 e. The third-order valence-electron chi connectivity index (χ3n) is 3.11. The molecule has 1 unspecified atom stereocenters. The van der Waals surface area contributed by atoms with Gasteiger partial charge in [0.2, 0.25) is 0 Å². The first-order chi connectivity index (χ1) is 10.7. The van der Waals surface area contributed by atoms with Crippen LogP contribution in [-0.2, 0) is 23.7 Å². The minimum Gasteiger partial charge on any atom is -0.463 e. The first-order valence-corrected chi connectivity index (χ1v) is 7.59. The van der Waals surface area contributed by atoms with Crippen LogP contribution < -0.4 is 0 Å². The Morgan fingerprint density at radius 3 is 2.30 bits per heavy atom. The monoisotopic (exact) mass is 344 g/mol. The third kappa shape index (κ3) is 8.53. The lowest BCUT2D eigenvalue weighted by atomic mass is 9.95. The molecule has 138 valence electrons. The zero-order valence-electron chi connectivity index (χ0n) is 14.2. The summed E-state index contributed by atoms with van der Waals surface area (Å²) in [5.41, 5.74) is -1.17. The van der Waals surface area contributed by atoms with E-state index in [1.165, 1.54) is 20.8 Å². The van der Waals surface area contributed by atoms with Gasteiger partial charge in [-0.1, -0.05) is 6.92 Å². The highest BCUT2D eigenvalue weighted by Crippen LogP contribution is 2.28. The van der Waals surface area contributed by atoms with E-state index in [0.29, 0.717) is 6.61 Å². The number of carbonyl (C=O) groups is 1. The predicted molar refractivity (Wildman–Crippen MR) is 78.1 cm³/mol. The summed E-state index contributed by atoms with van der Waals surface area (Å²) in [6, 6.07) is 0. The second-order valence-electron chi connectivity index (χ2n) is 5.61. The summed E-state index contributed by atoms with van der Waals surface area (Å²) in [6.07, 6.45) is -2.40. The van der Waals surface area contributed by atoms with Crippen molar-refractivity contribution in [3.8, 4) is 0 Å². The summed E-state index contributed by atoms with van der Waals surface area (Å²) < 4.78 is 59.5. The molecular weight excluding hydrogens is 317 g/mol. The van der Waals surface area contributed by atoms with Crippen LogP contribution in [0.2, 0.25) is 0 Å². The molecule has 8 heteroatoms. The van der Waals surface area contributed by atoms with Gasteiger partial charge in [0.1, 0.15) is 26.2 Å². The van der Waals surface area contributed by atoms with E-state index in [-0.39, 0.29) is 26.6 Å². The lowest BCUT2D eigenvalue weighted by Gasteiger charge is -2.28. The Morgan fingerprint density at radius 2 is 1.78 bits per heavy atom. The molecule has 0 aliphatic carbocycles. The Hall–Kier alpha value is -0.860. The largest absolute Gasteiger partial charge is 0.463 e. The Kier molecular flexibility index (Phi) is 10.4. The molecule has 0 aromatic carbocycles. The van der Waals surface area contributed by atoms with Crippen molar-refractivity contribution in [2.45, 2.75) is 46.1 Å². The summed E-state index contributed by atoms with van der Waals surface area (Å²) in [5.74, 6) is -3.91. The van der Waals surface area contributed by atoms with Gasteiger partial charge in [-0.2, -0.15) is 0 Å². The molecule has 0 spiro atoms.